The standard InChI is InChI=1S/C10H16O3S2/c1-5-9(13-5)10-8-4-15(11,12)3-7(8)6(2)14-10/h5-10H,3-4H2,1-2H3. The number of rotatable bonds is 1. The number of epoxide rings is 1. The van der Waals surface area contributed by atoms with E-state index in [0.29, 0.717) is 46.0 Å². The lowest BCUT2D eigenvalue weighted by atomic mass is 9.89. The van der Waals surface area contributed by atoms with Gasteiger partial charge in [0.25, 0.3) is 0 Å². The Morgan fingerprint density at radius 3 is 2.40 bits per heavy atom. The molecule has 0 aromatic carbocycles. The summed E-state index contributed by atoms with van der Waals surface area (Å²) >= 11 is 1.94. The molecule has 0 radical (unpaired) electrons. The highest BCUT2D eigenvalue weighted by molar-refractivity contribution is 8.01. The van der Waals surface area contributed by atoms with Gasteiger partial charge in [0.05, 0.1) is 23.7 Å². The Morgan fingerprint density at radius 1 is 1.20 bits per heavy atom. The molecule has 5 heteroatoms. The minimum absolute atomic E-state index is 0.320. The number of thioether (sulfide) groups is 1. The zero-order chi connectivity index (χ0) is 10.8. The van der Waals surface area contributed by atoms with Crippen LogP contribution >= 0.6 is 11.8 Å². The van der Waals surface area contributed by atoms with Crippen LogP contribution in [-0.4, -0.2) is 42.6 Å². The fraction of sp³-hybridized carbons (Fsp3) is 1.00. The molecule has 3 rings (SSSR count). The second-order valence-electron chi connectivity index (χ2n) is 5.02. The maximum Gasteiger partial charge on any atom is 0.150 e. The summed E-state index contributed by atoms with van der Waals surface area (Å²) in [7, 11) is -2.76. The summed E-state index contributed by atoms with van der Waals surface area (Å²) < 4.78 is 28.7. The Balaban J connectivity index is 1.84. The molecule has 0 aromatic rings. The largest absolute Gasteiger partial charge is 0.369 e. The van der Waals surface area contributed by atoms with Crippen molar-refractivity contribution in [3.8, 4) is 0 Å². The van der Waals surface area contributed by atoms with Crippen molar-refractivity contribution in [1.29, 1.82) is 0 Å². The Hall–Kier alpha value is 0.260. The summed E-state index contributed by atoms with van der Waals surface area (Å²) in [5.41, 5.74) is 0. The molecule has 3 nitrogen and oxygen atoms in total. The van der Waals surface area contributed by atoms with E-state index in [1.54, 1.807) is 0 Å². The van der Waals surface area contributed by atoms with Gasteiger partial charge < -0.3 is 4.74 Å². The highest BCUT2D eigenvalue weighted by Crippen LogP contribution is 2.52. The third-order valence-electron chi connectivity index (χ3n) is 3.92. The minimum atomic E-state index is -2.76. The van der Waals surface area contributed by atoms with Crippen molar-refractivity contribution in [3.05, 3.63) is 0 Å². The molecule has 86 valence electrons. The quantitative estimate of drug-likeness (QED) is 0.648. The van der Waals surface area contributed by atoms with E-state index in [2.05, 4.69) is 13.8 Å². The first-order valence-electron chi connectivity index (χ1n) is 5.49. The van der Waals surface area contributed by atoms with E-state index in [0.717, 1.165) is 0 Å². The topological polar surface area (TPSA) is 46.7 Å². The lowest BCUT2D eigenvalue weighted by molar-refractivity contribution is 0.337. The van der Waals surface area contributed by atoms with Crippen molar-refractivity contribution in [2.45, 2.75) is 36.6 Å². The van der Waals surface area contributed by atoms with Crippen LogP contribution in [0, 0.1) is 11.8 Å². The van der Waals surface area contributed by atoms with Gasteiger partial charge in [0.2, 0.25) is 0 Å². The van der Waals surface area contributed by atoms with Gasteiger partial charge in [-0.25, -0.2) is 8.42 Å². The van der Waals surface area contributed by atoms with E-state index in [-0.39, 0.29) is 0 Å². The number of hydrogen-bond acceptors (Lipinski definition) is 4. The third kappa shape index (κ3) is 1.63. The summed E-state index contributed by atoms with van der Waals surface area (Å²) in [4.78, 5) is 0. The van der Waals surface area contributed by atoms with Crippen LogP contribution in [0.2, 0.25) is 0 Å². The fourth-order valence-electron chi connectivity index (χ4n) is 3.04. The van der Waals surface area contributed by atoms with E-state index >= 15 is 0 Å². The van der Waals surface area contributed by atoms with E-state index in [1.165, 1.54) is 0 Å². The van der Waals surface area contributed by atoms with Crippen molar-refractivity contribution in [2.75, 3.05) is 11.5 Å². The lowest BCUT2D eigenvalue weighted by Gasteiger charge is -2.13. The normalized spacial score (nSPS) is 56.7. The van der Waals surface area contributed by atoms with Gasteiger partial charge in [0.15, 0.2) is 9.84 Å². The van der Waals surface area contributed by atoms with Crippen molar-refractivity contribution in [1.82, 2.24) is 0 Å². The molecule has 6 unspecified atom stereocenters. The lowest BCUT2D eigenvalue weighted by Crippen LogP contribution is -2.24. The smallest absolute Gasteiger partial charge is 0.150 e. The molecule has 0 N–H and O–H groups in total. The number of sulfone groups is 1. The molecule has 3 aliphatic heterocycles. The van der Waals surface area contributed by atoms with Gasteiger partial charge in [0.1, 0.15) is 0 Å². The Kier molecular flexibility index (Phi) is 2.18. The maximum atomic E-state index is 11.6. The molecule has 6 atom stereocenters. The third-order valence-corrected chi connectivity index (χ3v) is 7.42. The molecule has 0 aromatic heterocycles. The van der Waals surface area contributed by atoms with Crippen molar-refractivity contribution < 1.29 is 13.2 Å². The van der Waals surface area contributed by atoms with Crippen LogP contribution in [0.1, 0.15) is 13.8 Å². The van der Waals surface area contributed by atoms with Crippen molar-refractivity contribution in [3.63, 3.8) is 0 Å². The van der Waals surface area contributed by atoms with Crippen LogP contribution in [0.25, 0.3) is 0 Å². The fourth-order valence-corrected chi connectivity index (χ4v) is 7.52. The van der Waals surface area contributed by atoms with Crippen LogP contribution in [-0.2, 0) is 14.6 Å². The molecule has 0 aliphatic carbocycles. The van der Waals surface area contributed by atoms with Crippen LogP contribution in [0.15, 0.2) is 0 Å². The first-order chi connectivity index (χ1) is 6.98. The molecule has 3 aliphatic rings. The Morgan fingerprint density at radius 2 is 1.80 bits per heavy atom. The summed E-state index contributed by atoms with van der Waals surface area (Å²) in [5, 5.41) is 0.908. The van der Waals surface area contributed by atoms with Gasteiger partial charge >= 0.3 is 0 Å². The van der Waals surface area contributed by atoms with E-state index in [9.17, 15) is 8.42 Å². The van der Waals surface area contributed by atoms with E-state index in [1.807, 2.05) is 11.8 Å². The van der Waals surface area contributed by atoms with Gasteiger partial charge in [-0.2, -0.15) is 11.8 Å². The molecule has 0 saturated carbocycles. The van der Waals surface area contributed by atoms with Crippen LogP contribution in [0.3, 0.4) is 0 Å². The second kappa shape index (κ2) is 3.14. The molecule has 3 saturated heterocycles. The Labute approximate surface area is 94.9 Å². The summed E-state index contributed by atoms with van der Waals surface area (Å²) in [6.07, 6.45) is 0.664. The monoisotopic (exact) mass is 248 g/mol. The average molecular weight is 248 g/mol. The first kappa shape index (κ1) is 10.4. The van der Waals surface area contributed by atoms with Gasteiger partial charge in [-0.1, -0.05) is 6.92 Å². The molecule has 0 bridgehead atoms. The van der Waals surface area contributed by atoms with Crippen molar-refractivity contribution >= 4 is 21.6 Å². The molecule has 15 heavy (non-hydrogen) atoms. The highest BCUT2D eigenvalue weighted by Gasteiger charge is 2.57. The van der Waals surface area contributed by atoms with Gasteiger partial charge in [-0.3, -0.25) is 0 Å². The van der Waals surface area contributed by atoms with Gasteiger partial charge in [0, 0.05) is 10.5 Å². The molecule has 3 fully saturated rings. The highest BCUT2D eigenvalue weighted by atomic mass is 32.2. The predicted molar refractivity (Wildman–Crippen MR) is 60.8 cm³/mol. The molecule has 0 spiro atoms. The Bertz CT molecular complexity index is 378. The second-order valence-corrected chi connectivity index (χ2v) is 8.73. The molecule has 3 heterocycles. The van der Waals surface area contributed by atoms with E-state index < -0.39 is 9.84 Å². The predicted octanol–water partition coefficient (Wildman–Crippen LogP) is 0.938. The number of fused-ring (bicyclic) bond motifs is 1. The minimum Gasteiger partial charge on any atom is -0.369 e. The van der Waals surface area contributed by atoms with Crippen molar-refractivity contribution in [2.24, 2.45) is 11.8 Å². The molecule has 0 amide bonds. The zero-order valence-electron chi connectivity index (χ0n) is 8.92. The molecular formula is C10H16O3S2. The summed E-state index contributed by atoms with van der Waals surface area (Å²) in [5.74, 6) is 1.53. The first-order valence-corrected chi connectivity index (χ1v) is 8.26. The van der Waals surface area contributed by atoms with Gasteiger partial charge in [-0.05, 0) is 18.8 Å². The number of ether oxygens (including phenoxy) is 1. The summed E-state index contributed by atoms with van der Waals surface area (Å²) in [6.45, 7) is 4.24. The van der Waals surface area contributed by atoms with Gasteiger partial charge in [-0.15, -0.1) is 0 Å². The van der Waals surface area contributed by atoms with Crippen LogP contribution < -0.4 is 0 Å². The van der Waals surface area contributed by atoms with E-state index in [4.69, 9.17) is 4.74 Å². The average Bonchev–Trinajstić information content (AvgIpc) is 2.64. The van der Waals surface area contributed by atoms with Crippen LogP contribution in [0.4, 0.5) is 0 Å². The molecular weight excluding hydrogens is 232 g/mol. The maximum absolute atomic E-state index is 11.6. The number of hydrogen-bond donors (Lipinski definition) is 0. The van der Waals surface area contributed by atoms with Crippen LogP contribution in [0.5, 0.6) is 0 Å². The SMILES string of the molecule is CC1OC1C1SC(C)C2CS(=O)(=O)CC21. The zero-order valence-corrected chi connectivity index (χ0v) is 10.6. The summed E-state index contributed by atoms with van der Waals surface area (Å²) in [6, 6.07) is 0.